The van der Waals surface area contributed by atoms with Crippen LogP contribution in [-0.4, -0.2) is 21.3 Å². The molecule has 1 heterocycles. The van der Waals surface area contributed by atoms with Crippen LogP contribution in [0.4, 0.5) is 0 Å². The minimum atomic E-state index is -0.425. The Morgan fingerprint density at radius 2 is 1.75 bits per heavy atom. The molecule has 2 aromatic carbocycles. The standard InChI is InChI=1S/C18H16N4O2/c1-11(21-18(19)20)15-16(23)13-9-5-6-10-14(13)22(17(15)24)12-7-3-2-4-8-12/h2-10,23H,1H3,(H3,19,20). The molecule has 1 aromatic heterocycles. The summed E-state index contributed by atoms with van der Waals surface area (Å²) in [7, 11) is 0. The van der Waals surface area contributed by atoms with Crippen molar-refractivity contribution < 1.29 is 5.11 Å². The van der Waals surface area contributed by atoms with Crippen molar-refractivity contribution in [1.82, 2.24) is 4.57 Å². The normalized spacial score (nSPS) is 11.6. The Morgan fingerprint density at radius 1 is 1.12 bits per heavy atom. The van der Waals surface area contributed by atoms with E-state index in [0.717, 1.165) is 0 Å². The fraction of sp³-hybridized carbons (Fsp3) is 0.0556. The van der Waals surface area contributed by atoms with Crippen molar-refractivity contribution in [3.8, 4) is 11.4 Å². The van der Waals surface area contributed by atoms with E-state index in [-0.39, 0.29) is 17.0 Å². The van der Waals surface area contributed by atoms with Crippen LogP contribution < -0.4 is 11.3 Å². The van der Waals surface area contributed by atoms with E-state index in [9.17, 15) is 9.90 Å². The van der Waals surface area contributed by atoms with Crippen molar-refractivity contribution in [2.45, 2.75) is 6.92 Å². The minimum Gasteiger partial charge on any atom is -0.506 e. The van der Waals surface area contributed by atoms with Gasteiger partial charge in [-0.25, -0.2) is 4.99 Å². The molecule has 3 aromatic rings. The maximum Gasteiger partial charge on any atom is 0.268 e. The number of para-hydroxylation sites is 2. The fourth-order valence-electron chi connectivity index (χ4n) is 2.72. The lowest BCUT2D eigenvalue weighted by Gasteiger charge is -2.15. The molecule has 0 radical (unpaired) electrons. The molecule has 120 valence electrons. The lowest BCUT2D eigenvalue weighted by Crippen LogP contribution is -2.26. The highest BCUT2D eigenvalue weighted by atomic mass is 16.3. The number of hydrogen-bond acceptors (Lipinski definition) is 3. The van der Waals surface area contributed by atoms with Crippen LogP contribution in [0.25, 0.3) is 16.6 Å². The quantitative estimate of drug-likeness (QED) is 0.499. The highest BCUT2D eigenvalue weighted by Crippen LogP contribution is 2.28. The maximum absolute atomic E-state index is 13.0. The number of pyridine rings is 1. The molecule has 24 heavy (non-hydrogen) atoms. The number of fused-ring (bicyclic) bond motifs is 1. The van der Waals surface area contributed by atoms with Crippen LogP contribution in [0.1, 0.15) is 12.5 Å². The molecule has 3 rings (SSSR count). The summed E-state index contributed by atoms with van der Waals surface area (Å²) >= 11 is 0. The number of hydrogen-bond donors (Lipinski definition) is 3. The summed E-state index contributed by atoms with van der Waals surface area (Å²) in [5.74, 6) is -0.587. The van der Waals surface area contributed by atoms with Crippen molar-refractivity contribution in [2.24, 2.45) is 10.7 Å². The van der Waals surface area contributed by atoms with Crippen molar-refractivity contribution >= 4 is 22.6 Å². The van der Waals surface area contributed by atoms with Crippen molar-refractivity contribution in [1.29, 1.82) is 5.41 Å². The number of aromatic nitrogens is 1. The van der Waals surface area contributed by atoms with Gasteiger partial charge in [0.05, 0.1) is 11.2 Å². The largest absolute Gasteiger partial charge is 0.506 e. The molecule has 0 spiro atoms. The van der Waals surface area contributed by atoms with E-state index in [1.54, 1.807) is 31.2 Å². The average Bonchev–Trinajstić information content (AvgIpc) is 2.55. The van der Waals surface area contributed by atoms with Crippen molar-refractivity contribution in [3.63, 3.8) is 0 Å². The zero-order valence-corrected chi connectivity index (χ0v) is 13.0. The third-order valence-electron chi connectivity index (χ3n) is 3.72. The Labute approximate surface area is 138 Å². The predicted molar refractivity (Wildman–Crippen MR) is 95.3 cm³/mol. The Hall–Kier alpha value is -3.41. The maximum atomic E-state index is 13.0. The monoisotopic (exact) mass is 320 g/mol. The Morgan fingerprint density at radius 3 is 2.42 bits per heavy atom. The topological polar surface area (TPSA) is 104 Å². The third kappa shape index (κ3) is 2.54. The van der Waals surface area contributed by atoms with Gasteiger partial charge in [-0.3, -0.25) is 14.8 Å². The molecule has 0 aliphatic heterocycles. The average molecular weight is 320 g/mol. The zero-order valence-electron chi connectivity index (χ0n) is 13.0. The van der Waals surface area contributed by atoms with Gasteiger partial charge < -0.3 is 10.8 Å². The van der Waals surface area contributed by atoms with Gasteiger partial charge in [0.15, 0.2) is 0 Å². The van der Waals surface area contributed by atoms with Gasteiger partial charge in [0.2, 0.25) is 5.96 Å². The molecule has 0 fully saturated rings. The Bertz CT molecular complexity index is 1020. The first kappa shape index (κ1) is 15.5. The number of benzene rings is 2. The summed E-state index contributed by atoms with van der Waals surface area (Å²) < 4.78 is 1.52. The zero-order chi connectivity index (χ0) is 17.3. The van der Waals surface area contributed by atoms with Crippen LogP contribution >= 0.6 is 0 Å². The number of nitrogens with zero attached hydrogens (tertiary/aromatic N) is 2. The SMILES string of the molecule is CC(=NC(=N)N)c1c(O)c2ccccc2n(-c2ccccc2)c1=O. The molecule has 0 aliphatic carbocycles. The van der Waals surface area contributed by atoms with E-state index in [1.165, 1.54) is 4.57 Å². The smallest absolute Gasteiger partial charge is 0.268 e. The molecule has 0 atom stereocenters. The van der Waals surface area contributed by atoms with Gasteiger partial charge in [0.25, 0.3) is 5.56 Å². The van der Waals surface area contributed by atoms with Gasteiger partial charge in [0.1, 0.15) is 11.3 Å². The number of aliphatic imine (C=N–C) groups is 1. The van der Waals surface area contributed by atoms with Crippen LogP contribution in [-0.2, 0) is 0 Å². The molecular weight excluding hydrogens is 304 g/mol. The van der Waals surface area contributed by atoms with Gasteiger partial charge in [-0.2, -0.15) is 0 Å². The number of rotatable bonds is 2. The first-order valence-electron chi connectivity index (χ1n) is 7.32. The van der Waals surface area contributed by atoms with Crippen LogP contribution in [0.3, 0.4) is 0 Å². The minimum absolute atomic E-state index is 0.0350. The lowest BCUT2D eigenvalue weighted by atomic mass is 10.1. The van der Waals surface area contributed by atoms with E-state index < -0.39 is 11.5 Å². The Balaban J connectivity index is 2.48. The summed E-state index contributed by atoms with van der Waals surface area (Å²) in [5.41, 5.74) is 6.38. The van der Waals surface area contributed by atoms with E-state index in [1.807, 2.05) is 30.3 Å². The van der Waals surface area contributed by atoms with Crippen molar-refractivity contribution in [2.75, 3.05) is 0 Å². The molecule has 0 saturated heterocycles. The lowest BCUT2D eigenvalue weighted by molar-refractivity contribution is 0.478. The predicted octanol–water partition coefficient (Wildman–Crippen LogP) is 2.40. The summed E-state index contributed by atoms with van der Waals surface area (Å²) in [5, 5.41) is 18.4. The number of nitrogens with two attached hydrogens (primary N) is 1. The molecule has 0 aliphatic rings. The molecule has 0 unspecified atom stereocenters. The highest BCUT2D eigenvalue weighted by molar-refractivity contribution is 6.09. The Kier molecular flexibility index (Phi) is 3.87. The van der Waals surface area contributed by atoms with Gasteiger partial charge in [-0.1, -0.05) is 30.3 Å². The van der Waals surface area contributed by atoms with Gasteiger partial charge in [-0.05, 0) is 31.2 Å². The summed E-state index contributed by atoms with van der Waals surface area (Å²) in [6.07, 6.45) is 0. The van der Waals surface area contributed by atoms with Crippen LogP contribution in [0, 0.1) is 5.41 Å². The van der Waals surface area contributed by atoms with Crippen LogP contribution in [0.15, 0.2) is 64.4 Å². The highest BCUT2D eigenvalue weighted by Gasteiger charge is 2.19. The van der Waals surface area contributed by atoms with Crippen LogP contribution in [0.5, 0.6) is 5.75 Å². The van der Waals surface area contributed by atoms with Gasteiger partial charge in [0, 0.05) is 11.1 Å². The summed E-state index contributed by atoms with van der Waals surface area (Å²) in [6.45, 7) is 1.54. The first-order valence-corrected chi connectivity index (χ1v) is 7.32. The van der Waals surface area contributed by atoms with E-state index in [2.05, 4.69) is 4.99 Å². The van der Waals surface area contributed by atoms with E-state index >= 15 is 0 Å². The summed E-state index contributed by atoms with van der Waals surface area (Å²) in [4.78, 5) is 16.9. The van der Waals surface area contributed by atoms with E-state index in [0.29, 0.717) is 16.6 Å². The first-order chi connectivity index (χ1) is 11.5. The van der Waals surface area contributed by atoms with E-state index in [4.69, 9.17) is 11.1 Å². The van der Waals surface area contributed by atoms with Gasteiger partial charge in [-0.15, -0.1) is 0 Å². The molecule has 4 N–H and O–H groups in total. The summed E-state index contributed by atoms with van der Waals surface area (Å²) in [6, 6.07) is 16.2. The molecule has 6 heteroatoms. The molecule has 6 nitrogen and oxygen atoms in total. The van der Waals surface area contributed by atoms with Gasteiger partial charge >= 0.3 is 0 Å². The van der Waals surface area contributed by atoms with Crippen LogP contribution in [0.2, 0.25) is 0 Å². The number of nitrogens with one attached hydrogen (secondary N) is 1. The number of aromatic hydroxyl groups is 1. The molecular formula is C18H16N4O2. The third-order valence-corrected chi connectivity index (χ3v) is 3.72. The molecule has 0 bridgehead atoms. The second kappa shape index (κ2) is 6.00. The number of guanidine groups is 1. The second-order valence-corrected chi connectivity index (χ2v) is 5.30. The second-order valence-electron chi connectivity index (χ2n) is 5.30. The molecule has 0 amide bonds. The molecule has 0 saturated carbocycles. The fourth-order valence-corrected chi connectivity index (χ4v) is 2.72. The van der Waals surface area contributed by atoms with Crippen molar-refractivity contribution in [3.05, 3.63) is 70.5 Å².